The molecule has 7 nitrogen and oxygen atoms in total. The van der Waals surface area contributed by atoms with Crippen molar-refractivity contribution in [1.82, 2.24) is 15.3 Å². The third-order valence-corrected chi connectivity index (χ3v) is 3.99. The molecule has 3 aromatic rings. The summed E-state index contributed by atoms with van der Waals surface area (Å²) in [6.07, 6.45) is 0. The number of amides is 1. The summed E-state index contributed by atoms with van der Waals surface area (Å²) in [5.74, 6) is 0.713. The molecule has 7 heteroatoms. The van der Waals surface area contributed by atoms with Crippen LogP contribution in [0.15, 0.2) is 54.6 Å². The Labute approximate surface area is 163 Å². The van der Waals surface area contributed by atoms with Crippen molar-refractivity contribution in [2.45, 2.75) is 13.5 Å². The summed E-state index contributed by atoms with van der Waals surface area (Å²) in [5, 5.41) is 15.1. The van der Waals surface area contributed by atoms with Gasteiger partial charge in [0.1, 0.15) is 17.5 Å². The molecule has 1 aromatic heterocycles. The quantitative estimate of drug-likeness (QED) is 0.687. The summed E-state index contributed by atoms with van der Waals surface area (Å²) in [7, 11) is 1.61. The highest BCUT2D eigenvalue weighted by Gasteiger charge is 2.12. The van der Waals surface area contributed by atoms with Gasteiger partial charge in [-0.25, -0.2) is 9.97 Å². The molecule has 0 bridgehead atoms. The lowest BCUT2D eigenvalue weighted by Gasteiger charge is -2.10. The van der Waals surface area contributed by atoms with Crippen molar-refractivity contribution < 1.29 is 9.53 Å². The molecule has 3 rings (SSSR count). The Morgan fingerprint density at radius 2 is 1.89 bits per heavy atom. The number of aromatic nitrogens is 2. The number of ether oxygens (including phenoxy) is 1. The van der Waals surface area contributed by atoms with Crippen LogP contribution in [0.2, 0.25) is 0 Å². The molecule has 1 amide bonds. The van der Waals surface area contributed by atoms with Crippen LogP contribution in [0.5, 0.6) is 5.75 Å². The van der Waals surface area contributed by atoms with Crippen LogP contribution in [-0.2, 0) is 6.54 Å². The van der Waals surface area contributed by atoms with Crippen molar-refractivity contribution in [2.75, 3.05) is 12.4 Å². The zero-order valence-corrected chi connectivity index (χ0v) is 15.6. The predicted molar refractivity (Wildman–Crippen MR) is 105 cm³/mol. The second-order valence-electron chi connectivity index (χ2n) is 6.03. The lowest BCUT2D eigenvalue weighted by Crippen LogP contribution is -2.24. The maximum Gasteiger partial charge on any atom is 0.270 e. The molecule has 0 aliphatic rings. The molecule has 0 unspecified atom stereocenters. The molecule has 0 saturated carbocycles. The van der Waals surface area contributed by atoms with Crippen molar-refractivity contribution >= 4 is 17.5 Å². The minimum atomic E-state index is -0.307. The van der Waals surface area contributed by atoms with E-state index in [0.717, 1.165) is 11.3 Å². The first-order chi connectivity index (χ1) is 13.6. The van der Waals surface area contributed by atoms with E-state index in [1.807, 2.05) is 24.3 Å². The predicted octanol–water partition coefficient (Wildman–Crippen LogP) is 3.34. The first-order valence-corrected chi connectivity index (χ1v) is 8.62. The van der Waals surface area contributed by atoms with Gasteiger partial charge in [0.15, 0.2) is 0 Å². The van der Waals surface area contributed by atoms with Gasteiger partial charge in [0, 0.05) is 12.2 Å². The zero-order valence-electron chi connectivity index (χ0n) is 15.6. The standard InChI is InChI=1S/C21H19N5O2/c1-14-11-19(20(27)23-13-15-7-9-17(28-2)10-8-15)26-21(24-14)25-18-6-4-3-5-16(18)12-22/h3-11H,13H2,1-2H3,(H,23,27)(H,24,25,26). The topological polar surface area (TPSA) is 99.9 Å². The Morgan fingerprint density at radius 1 is 1.14 bits per heavy atom. The molecule has 0 fully saturated rings. The highest BCUT2D eigenvalue weighted by molar-refractivity contribution is 5.92. The van der Waals surface area contributed by atoms with E-state index in [1.165, 1.54) is 0 Å². The number of benzene rings is 2. The van der Waals surface area contributed by atoms with Gasteiger partial charge >= 0.3 is 0 Å². The van der Waals surface area contributed by atoms with Crippen molar-refractivity contribution in [1.29, 1.82) is 5.26 Å². The van der Waals surface area contributed by atoms with Crippen LogP contribution >= 0.6 is 0 Å². The van der Waals surface area contributed by atoms with Crippen LogP contribution in [-0.4, -0.2) is 23.0 Å². The number of rotatable bonds is 6. The number of nitriles is 1. The SMILES string of the molecule is COc1ccc(CNC(=O)c2cc(C)nc(Nc3ccccc3C#N)n2)cc1. The number of carbonyl (C=O) groups excluding carboxylic acids is 1. The number of aryl methyl sites for hydroxylation is 1. The summed E-state index contributed by atoms with van der Waals surface area (Å²) < 4.78 is 5.12. The average Bonchev–Trinajstić information content (AvgIpc) is 2.72. The van der Waals surface area contributed by atoms with Gasteiger partial charge in [0.05, 0.1) is 18.4 Å². The zero-order chi connectivity index (χ0) is 19.9. The minimum absolute atomic E-state index is 0.248. The van der Waals surface area contributed by atoms with Gasteiger partial charge in [-0.3, -0.25) is 4.79 Å². The molecule has 0 spiro atoms. The smallest absolute Gasteiger partial charge is 0.270 e. The fourth-order valence-electron chi connectivity index (χ4n) is 2.57. The Bertz CT molecular complexity index is 1030. The largest absolute Gasteiger partial charge is 0.497 e. The lowest BCUT2D eigenvalue weighted by molar-refractivity contribution is 0.0945. The third-order valence-electron chi connectivity index (χ3n) is 3.99. The molecule has 0 radical (unpaired) electrons. The van der Waals surface area contributed by atoms with Crippen LogP contribution in [0.3, 0.4) is 0 Å². The van der Waals surface area contributed by atoms with Gasteiger partial charge in [-0.1, -0.05) is 24.3 Å². The van der Waals surface area contributed by atoms with E-state index in [9.17, 15) is 10.1 Å². The molecule has 2 aromatic carbocycles. The van der Waals surface area contributed by atoms with E-state index in [2.05, 4.69) is 26.7 Å². The Kier molecular flexibility index (Phi) is 5.82. The Balaban J connectivity index is 1.73. The first-order valence-electron chi connectivity index (χ1n) is 8.62. The summed E-state index contributed by atoms with van der Waals surface area (Å²) >= 11 is 0. The lowest BCUT2D eigenvalue weighted by atomic mass is 10.2. The highest BCUT2D eigenvalue weighted by Crippen LogP contribution is 2.18. The van der Waals surface area contributed by atoms with Crippen LogP contribution in [0.25, 0.3) is 0 Å². The number of nitrogens with one attached hydrogen (secondary N) is 2. The van der Waals surface area contributed by atoms with Gasteiger partial charge in [0.25, 0.3) is 5.91 Å². The normalized spacial score (nSPS) is 10.0. The molecule has 0 atom stereocenters. The number of carbonyl (C=O) groups is 1. The van der Waals surface area contributed by atoms with E-state index in [4.69, 9.17) is 4.74 Å². The maximum absolute atomic E-state index is 12.5. The molecular formula is C21H19N5O2. The summed E-state index contributed by atoms with van der Waals surface area (Å²) in [5.41, 5.74) is 2.89. The van der Waals surface area contributed by atoms with Gasteiger partial charge in [0.2, 0.25) is 5.95 Å². The van der Waals surface area contributed by atoms with Gasteiger partial charge in [-0.15, -0.1) is 0 Å². The first kappa shape index (κ1) is 18.9. The number of methoxy groups -OCH3 is 1. The third kappa shape index (κ3) is 4.62. The average molecular weight is 373 g/mol. The second-order valence-corrected chi connectivity index (χ2v) is 6.03. The number of hydrogen-bond acceptors (Lipinski definition) is 6. The van der Waals surface area contributed by atoms with Gasteiger partial charge < -0.3 is 15.4 Å². The van der Waals surface area contributed by atoms with E-state index < -0.39 is 0 Å². The molecule has 2 N–H and O–H groups in total. The molecule has 0 aliphatic carbocycles. The van der Waals surface area contributed by atoms with Gasteiger partial charge in [-0.2, -0.15) is 5.26 Å². The molecule has 1 heterocycles. The van der Waals surface area contributed by atoms with Crippen LogP contribution in [0.1, 0.15) is 27.3 Å². The monoisotopic (exact) mass is 373 g/mol. The van der Waals surface area contributed by atoms with E-state index in [-0.39, 0.29) is 17.5 Å². The second kappa shape index (κ2) is 8.64. The number of hydrogen-bond donors (Lipinski definition) is 2. The van der Waals surface area contributed by atoms with Crippen LogP contribution in [0, 0.1) is 18.3 Å². The van der Waals surface area contributed by atoms with E-state index in [1.54, 1.807) is 44.4 Å². The van der Waals surface area contributed by atoms with Crippen molar-refractivity contribution in [3.63, 3.8) is 0 Å². The highest BCUT2D eigenvalue weighted by atomic mass is 16.5. The summed E-state index contributed by atoms with van der Waals surface area (Å²) in [6, 6.07) is 18.2. The molecule has 28 heavy (non-hydrogen) atoms. The number of para-hydroxylation sites is 1. The maximum atomic E-state index is 12.5. The number of nitrogens with zero attached hydrogens (tertiary/aromatic N) is 3. The fourth-order valence-corrected chi connectivity index (χ4v) is 2.57. The molecule has 140 valence electrons. The van der Waals surface area contributed by atoms with Crippen LogP contribution in [0.4, 0.5) is 11.6 Å². The van der Waals surface area contributed by atoms with Gasteiger partial charge in [-0.05, 0) is 42.8 Å². The van der Waals surface area contributed by atoms with Crippen molar-refractivity contribution in [3.05, 3.63) is 77.1 Å². The molecular weight excluding hydrogens is 354 g/mol. The molecule has 0 aliphatic heterocycles. The van der Waals surface area contributed by atoms with Crippen molar-refractivity contribution in [2.24, 2.45) is 0 Å². The Hall–Kier alpha value is -3.92. The summed E-state index contributed by atoms with van der Waals surface area (Å²) in [4.78, 5) is 21.1. The fraction of sp³-hybridized carbons (Fsp3) is 0.143. The van der Waals surface area contributed by atoms with Crippen molar-refractivity contribution in [3.8, 4) is 11.8 Å². The minimum Gasteiger partial charge on any atom is -0.497 e. The van der Waals surface area contributed by atoms with Crippen LogP contribution < -0.4 is 15.4 Å². The number of anilines is 2. The summed E-state index contributed by atoms with van der Waals surface area (Å²) in [6.45, 7) is 2.15. The van der Waals surface area contributed by atoms with E-state index in [0.29, 0.717) is 23.5 Å². The van der Waals surface area contributed by atoms with E-state index >= 15 is 0 Å². The Morgan fingerprint density at radius 3 is 2.61 bits per heavy atom. The molecule has 0 saturated heterocycles.